The van der Waals surface area contributed by atoms with Crippen molar-refractivity contribution in [1.29, 1.82) is 0 Å². The summed E-state index contributed by atoms with van der Waals surface area (Å²) in [5, 5.41) is 4.39. The number of amides is 2. The number of pyridine rings is 1. The second-order valence-corrected chi connectivity index (χ2v) is 8.56. The molecule has 1 aromatic heterocycles. The van der Waals surface area contributed by atoms with Gasteiger partial charge >= 0.3 is 6.03 Å². The first-order valence-electron chi connectivity index (χ1n) is 10.5. The van der Waals surface area contributed by atoms with Gasteiger partial charge in [-0.3, -0.25) is 4.79 Å². The van der Waals surface area contributed by atoms with Crippen LogP contribution >= 0.6 is 11.6 Å². The highest BCUT2D eigenvalue weighted by atomic mass is 35.5. The highest BCUT2D eigenvalue weighted by Gasteiger charge is 2.24. The van der Waals surface area contributed by atoms with Crippen molar-refractivity contribution in [3.63, 3.8) is 0 Å². The van der Waals surface area contributed by atoms with Crippen LogP contribution in [0.5, 0.6) is 0 Å². The maximum absolute atomic E-state index is 13.1. The molecule has 162 valence electrons. The predicted molar refractivity (Wildman–Crippen MR) is 124 cm³/mol. The number of fused-ring (bicyclic) bond motifs is 1. The molecule has 0 saturated carbocycles. The molecular formula is C24H26ClN3O3. The average Bonchev–Trinajstić information content (AvgIpc) is 3.22. The third kappa shape index (κ3) is 5.09. The third-order valence-corrected chi connectivity index (χ3v) is 5.78. The van der Waals surface area contributed by atoms with Crippen LogP contribution in [-0.4, -0.2) is 35.2 Å². The Morgan fingerprint density at radius 1 is 1.26 bits per heavy atom. The molecule has 6 nitrogen and oxygen atoms in total. The van der Waals surface area contributed by atoms with Gasteiger partial charge in [0.1, 0.15) is 0 Å². The number of carbonyl (C=O) groups excluding carboxylic acids is 1. The summed E-state index contributed by atoms with van der Waals surface area (Å²) in [7, 11) is 0. The van der Waals surface area contributed by atoms with E-state index in [-0.39, 0.29) is 24.2 Å². The molecular weight excluding hydrogens is 414 g/mol. The summed E-state index contributed by atoms with van der Waals surface area (Å²) in [6.45, 7) is 5.30. The van der Waals surface area contributed by atoms with Gasteiger partial charge in [-0.25, -0.2) is 4.79 Å². The highest BCUT2D eigenvalue weighted by molar-refractivity contribution is 6.30. The molecule has 4 rings (SSSR count). The Morgan fingerprint density at radius 2 is 2.10 bits per heavy atom. The van der Waals surface area contributed by atoms with E-state index in [2.05, 4.69) is 10.3 Å². The van der Waals surface area contributed by atoms with Gasteiger partial charge in [-0.2, -0.15) is 0 Å². The van der Waals surface area contributed by atoms with E-state index in [1.807, 2.05) is 32.0 Å². The summed E-state index contributed by atoms with van der Waals surface area (Å²) in [5.41, 5.74) is 3.93. The maximum Gasteiger partial charge on any atom is 0.322 e. The van der Waals surface area contributed by atoms with Gasteiger partial charge < -0.3 is 19.9 Å². The largest absolute Gasteiger partial charge is 0.376 e. The molecule has 0 aliphatic carbocycles. The third-order valence-electron chi connectivity index (χ3n) is 5.54. The summed E-state index contributed by atoms with van der Waals surface area (Å²) in [5.74, 6) is 0. The fraction of sp³-hybridized carbons (Fsp3) is 0.333. The molecule has 1 aliphatic heterocycles. The number of H-pyrrole nitrogens is 1. The number of halogens is 1. The molecule has 2 N–H and O–H groups in total. The molecule has 2 heterocycles. The van der Waals surface area contributed by atoms with Gasteiger partial charge in [-0.15, -0.1) is 0 Å². The van der Waals surface area contributed by atoms with E-state index in [9.17, 15) is 9.59 Å². The molecule has 7 heteroatoms. The lowest BCUT2D eigenvalue weighted by Gasteiger charge is -2.26. The van der Waals surface area contributed by atoms with Gasteiger partial charge in [0, 0.05) is 29.4 Å². The van der Waals surface area contributed by atoms with Crippen LogP contribution in [-0.2, 0) is 11.3 Å². The number of anilines is 1. The van der Waals surface area contributed by atoms with Crippen molar-refractivity contribution < 1.29 is 9.53 Å². The van der Waals surface area contributed by atoms with Gasteiger partial charge in [0.05, 0.1) is 18.2 Å². The maximum atomic E-state index is 13.1. The molecule has 1 saturated heterocycles. The Labute approximate surface area is 186 Å². The van der Waals surface area contributed by atoms with E-state index in [0.29, 0.717) is 29.4 Å². The summed E-state index contributed by atoms with van der Waals surface area (Å²) >= 11 is 6.05. The summed E-state index contributed by atoms with van der Waals surface area (Å²) in [6, 6.07) is 12.7. The van der Waals surface area contributed by atoms with Crippen LogP contribution in [0.25, 0.3) is 10.9 Å². The number of nitrogens with one attached hydrogen (secondary N) is 2. The second kappa shape index (κ2) is 9.12. The van der Waals surface area contributed by atoms with E-state index < -0.39 is 0 Å². The number of aromatic nitrogens is 1. The van der Waals surface area contributed by atoms with Gasteiger partial charge in [-0.05, 0) is 68.0 Å². The van der Waals surface area contributed by atoms with Gasteiger partial charge in [0.15, 0.2) is 0 Å². The number of aromatic amines is 1. The van der Waals surface area contributed by atoms with Crippen molar-refractivity contribution in [2.24, 2.45) is 0 Å². The van der Waals surface area contributed by atoms with E-state index >= 15 is 0 Å². The molecule has 0 bridgehead atoms. The van der Waals surface area contributed by atoms with Crippen molar-refractivity contribution in [3.05, 3.63) is 74.5 Å². The molecule has 2 amide bonds. The number of aryl methyl sites for hydroxylation is 2. The Kier molecular flexibility index (Phi) is 6.30. The number of hydrogen-bond acceptors (Lipinski definition) is 3. The van der Waals surface area contributed by atoms with Gasteiger partial charge in [0.25, 0.3) is 5.56 Å². The van der Waals surface area contributed by atoms with Crippen LogP contribution in [0.4, 0.5) is 10.5 Å². The van der Waals surface area contributed by atoms with E-state index in [0.717, 1.165) is 34.9 Å². The molecule has 3 aromatic rings. The lowest BCUT2D eigenvalue weighted by atomic mass is 10.1. The Morgan fingerprint density at radius 3 is 2.84 bits per heavy atom. The normalized spacial score (nSPS) is 15.9. The fourth-order valence-electron chi connectivity index (χ4n) is 4.08. The lowest BCUT2D eigenvalue weighted by Crippen LogP contribution is -2.40. The molecule has 1 unspecified atom stereocenters. The number of urea groups is 1. The van der Waals surface area contributed by atoms with Crippen LogP contribution in [0.1, 0.15) is 29.5 Å². The molecule has 0 radical (unpaired) electrons. The second-order valence-electron chi connectivity index (χ2n) is 8.13. The predicted octanol–water partition coefficient (Wildman–Crippen LogP) is 5.01. The van der Waals surface area contributed by atoms with Crippen molar-refractivity contribution >= 4 is 34.2 Å². The summed E-state index contributed by atoms with van der Waals surface area (Å²) in [6.07, 6.45) is 1.84. The topological polar surface area (TPSA) is 74.4 Å². The SMILES string of the molecule is Cc1cc(C)c2[nH]c(=O)c(CN(CC3CCCO3)C(=O)Nc3cccc(Cl)c3)cc2c1. The number of hydrogen-bond donors (Lipinski definition) is 2. The van der Waals surface area contributed by atoms with Gasteiger partial charge in [-0.1, -0.05) is 29.3 Å². The van der Waals surface area contributed by atoms with E-state index in [1.54, 1.807) is 29.2 Å². The zero-order valence-corrected chi connectivity index (χ0v) is 18.5. The van der Waals surface area contributed by atoms with Crippen LogP contribution < -0.4 is 10.9 Å². The smallest absolute Gasteiger partial charge is 0.322 e. The average molecular weight is 440 g/mol. The number of rotatable bonds is 5. The van der Waals surface area contributed by atoms with Crippen LogP contribution in [0.15, 0.2) is 47.3 Å². The molecule has 1 atom stereocenters. The first kappa shape index (κ1) is 21.4. The monoisotopic (exact) mass is 439 g/mol. The van der Waals surface area contributed by atoms with Gasteiger partial charge in [0.2, 0.25) is 0 Å². The van der Waals surface area contributed by atoms with Crippen molar-refractivity contribution in [3.8, 4) is 0 Å². The summed E-state index contributed by atoms with van der Waals surface area (Å²) < 4.78 is 5.74. The Bertz CT molecular complexity index is 1170. The lowest BCUT2D eigenvalue weighted by molar-refractivity contribution is 0.0818. The molecule has 1 fully saturated rings. The zero-order valence-electron chi connectivity index (χ0n) is 17.7. The molecule has 0 spiro atoms. The van der Waals surface area contributed by atoms with Crippen molar-refractivity contribution in [2.45, 2.75) is 39.3 Å². The van der Waals surface area contributed by atoms with Crippen molar-refractivity contribution in [1.82, 2.24) is 9.88 Å². The minimum Gasteiger partial charge on any atom is -0.376 e. The fourth-order valence-corrected chi connectivity index (χ4v) is 4.27. The molecule has 31 heavy (non-hydrogen) atoms. The number of ether oxygens (including phenoxy) is 1. The van der Waals surface area contributed by atoms with Crippen LogP contribution in [0, 0.1) is 13.8 Å². The first-order valence-corrected chi connectivity index (χ1v) is 10.8. The Balaban J connectivity index is 1.62. The van der Waals surface area contributed by atoms with Crippen molar-refractivity contribution in [2.75, 3.05) is 18.5 Å². The Hall–Kier alpha value is -2.83. The minimum absolute atomic E-state index is 0.0332. The number of nitrogens with zero attached hydrogens (tertiary/aromatic N) is 1. The first-order chi connectivity index (χ1) is 14.9. The molecule has 2 aromatic carbocycles. The molecule has 1 aliphatic rings. The number of carbonyl (C=O) groups is 1. The minimum atomic E-state index is -0.294. The number of benzene rings is 2. The summed E-state index contributed by atoms with van der Waals surface area (Å²) in [4.78, 5) is 30.5. The van der Waals surface area contributed by atoms with Crippen LogP contribution in [0.2, 0.25) is 5.02 Å². The standard InChI is InChI=1S/C24H26ClN3O3/c1-15-9-16(2)22-17(10-15)11-18(23(29)27-22)13-28(14-21-7-4-8-31-21)24(30)26-20-6-3-5-19(25)12-20/h3,5-6,9-12,21H,4,7-8,13-14H2,1-2H3,(H,26,30)(H,27,29). The highest BCUT2D eigenvalue weighted by Crippen LogP contribution is 2.21. The quantitative estimate of drug-likeness (QED) is 0.586. The zero-order chi connectivity index (χ0) is 22.0. The van der Waals surface area contributed by atoms with Crippen LogP contribution in [0.3, 0.4) is 0 Å². The van der Waals surface area contributed by atoms with E-state index in [1.165, 1.54) is 0 Å². The van der Waals surface area contributed by atoms with E-state index in [4.69, 9.17) is 16.3 Å².